The standard InChI is InChI=1S/C12H15ClN2O2/c13-10-5-6-11(12(8-10)15(16)17)14-7-1-2-9-3-4-9/h5-6,8-9,14H,1-4,7H2. The monoisotopic (exact) mass is 254 g/mol. The largest absolute Gasteiger partial charge is 0.379 e. The van der Waals surface area contributed by atoms with E-state index in [1.54, 1.807) is 12.1 Å². The molecule has 1 aromatic rings. The number of halogens is 1. The summed E-state index contributed by atoms with van der Waals surface area (Å²) >= 11 is 5.74. The second kappa shape index (κ2) is 5.36. The number of nitrogens with one attached hydrogen (secondary N) is 1. The average molecular weight is 255 g/mol. The SMILES string of the molecule is O=[N+]([O-])c1cc(Cl)ccc1NCCCC1CC1. The number of nitro benzene ring substituents is 1. The molecule has 1 N–H and O–H groups in total. The van der Waals surface area contributed by atoms with Gasteiger partial charge in [-0.1, -0.05) is 24.4 Å². The Balaban J connectivity index is 1.91. The van der Waals surface area contributed by atoms with Crippen LogP contribution in [0.4, 0.5) is 11.4 Å². The third-order valence-electron chi connectivity index (χ3n) is 2.96. The van der Waals surface area contributed by atoms with Crippen molar-refractivity contribution < 1.29 is 4.92 Å². The number of nitrogens with zero attached hydrogens (tertiary/aromatic N) is 1. The van der Waals surface area contributed by atoms with E-state index >= 15 is 0 Å². The van der Waals surface area contributed by atoms with Gasteiger partial charge in [-0.05, 0) is 30.9 Å². The summed E-state index contributed by atoms with van der Waals surface area (Å²) in [6.07, 6.45) is 4.97. The summed E-state index contributed by atoms with van der Waals surface area (Å²) in [5, 5.41) is 14.3. The molecule has 0 spiro atoms. The molecule has 1 aliphatic carbocycles. The molecule has 0 bridgehead atoms. The predicted octanol–water partition coefficient (Wildman–Crippen LogP) is 3.85. The Morgan fingerprint density at radius 2 is 2.24 bits per heavy atom. The fraction of sp³-hybridized carbons (Fsp3) is 0.500. The number of anilines is 1. The number of hydrogen-bond donors (Lipinski definition) is 1. The minimum atomic E-state index is -0.408. The van der Waals surface area contributed by atoms with E-state index in [0.29, 0.717) is 10.7 Å². The van der Waals surface area contributed by atoms with E-state index in [-0.39, 0.29) is 5.69 Å². The van der Waals surface area contributed by atoms with Crippen LogP contribution in [0.1, 0.15) is 25.7 Å². The fourth-order valence-electron chi connectivity index (χ4n) is 1.83. The summed E-state index contributed by atoms with van der Waals surface area (Å²) in [7, 11) is 0. The highest BCUT2D eigenvalue weighted by atomic mass is 35.5. The van der Waals surface area contributed by atoms with Crippen LogP contribution in [0.5, 0.6) is 0 Å². The van der Waals surface area contributed by atoms with Crippen LogP contribution in [-0.2, 0) is 0 Å². The molecule has 4 nitrogen and oxygen atoms in total. The van der Waals surface area contributed by atoms with Crippen LogP contribution in [0.3, 0.4) is 0 Å². The van der Waals surface area contributed by atoms with Crippen molar-refractivity contribution in [2.24, 2.45) is 5.92 Å². The zero-order valence-electron chi connectivity index (χ0n) is 9.49. The van der Waals surface area contributed by atoms with Crippen molar-refractivity contribution in [3.8, 4) is 0 Å². The normalized spacial score (nSPS) is 14.6. The maximum Gasteiger partial charge on any atom is 0.293 e. The third kappa shape index (κ3) is 3.60. The fourth-order valence-corrected chi connectivity index (χ4v) is 1.99. The van der Waals surface area contributed by atoms with Crippen LogP contribution >= 0.6 is 11.6 Å². The maximum atomic E-state index is 10.8. The van der Waals surface area contributed by atoms with E-state index in [1.807, 2.05) is 0 Å². The first kappa shape index (κ1) is 12.2. The highest BCUT2D eigenvalue weighted by Gasteiger charge is 2.20. The molecule has 1 fully saturated rings. The molecule has 0 radical (unpaired) electrons. The van der Waals surface area contributed by atoms with Crippen molar-refractivity contribution in [3.63, 3.8) is 0 Å². The Bertz CT molecular complexity index is 419. The minimum absolute atomic E-state index is 0.0453. The highest BCUT2D eigenvalue weighted by molar-refractivity contribution is 6.30. The summed E-state index contributed by atoms with van der Waals surface area (Å²) in [5.41, 5.74) is 0.596. The van der Waals surface area contributed by atoms with Gasteiger partial charge in [0.25, 0.3) is 5.69 Å². The molecular weight excluding hydrogens is 240 g/mol. The molecule has 0 aliphatic heterocycles. The first-order chi connectivity index (χ1) is 8.16. The Labute approximate surface area is 105 Å². The van der Waals surface area contributed by atoms with Crippen molar-refractivity contribution in [1.82, 2.24) is 0 Å². The Kier molecular flexibility index (Phi) is 3.84. The maximum absolute atomic E-state index is 10.8. The lowest BCUT2D eigenvalue weighted by Gasteiger charge is -2.06. The lowest BCUT2D eigenvalue weighted by atomic mass is 10.2. The Hall–Kier alpha value is -1.29. The summed E-state index contributed by atoms with van der Waals surface area (Å²) < 4.78 is 0. The molecule has 0 atom stereocenters. The summed E-state index contributed by atoms with van der Waals surface area (Å²) in [4.78, 5) is 10.4. The molecule has 1 aliphatic rings. The molecule has 2 rings (SSSR count). The minimum Gasteiger partial charge on any atom is -0.379 e. The van der Waals surface area contributed by atoms with Crippen LogP contribution < -0.4 is 5.32 Å². The van der Waals surface area contributed by atoms with Gasteiger partial charge in [0.05, 0.1) is 4.92 Å². The van der Waals surface area contributed by atoms with Crippen molar-refractivity contribution in [2.75, 3.05) is 11.9 Å². The molecule has 92 valence electrons. The van der Waals surface area contributed by atoms with Crippen LogP contribution in [0, 0.1) is 16.0 Å². The molecule has 0 saturated heterocycles. The number of rotatable bonds is 6. The quantitative estimate of drug-likeness (QED) is 0.477. The summed E-state index contributed by atoms with van der Waals surface area (Å²) in [6, 6.07) is 4.71. The molecule has 0 unspecified atom stereocenters. The topological polar surface area (TPSA) is 55.2 Å². The van der Waals surface area contributed by atoms with Gasteiger partial charge >= 0.3 is 0 Å². The predicted molar refractivity (Wildman–Crippen MR) is 68.6 cm³/mol. The number of hydrogen-bond acceptors (Lipinski definition) is 3. The van der Waals surface area contributed by atoms with Gasteiger partial charge in [0.1, 0.15) is 5.69 Å². The molecular formula is C12H15ClN2O2. The van der Waals surface area contributed by atoms with Crippen LogP contribution in [-0.4, -0.2) is 11.5 Å². The van der Waals surface area contributed by atoms with E-state index < -0.39 is 4.92 Å². The van der Waals surface area contributed by atoms with Gasteiger partial charge in [-0.3, -0.25) is 10.1 Å². The van der Waals surface area contributed by atoms with Crippen LogP contribution in [0.25, 0.3) is 0 Å². The van der Waals surface area contributed by atoms with E-state index in [1.165, 1.54) is 25.3 Å². The summed E-state index contributed by atoms with van der Waals surface area (Å²) in [5.74, 6) is 0.900. The van der Waals surface area contributed by atoms with E-state index in [0.717, 1.165) is 18.9 Å². The highest BCUT2D eigenvalue weighted by Crippen LogP contribution is 2.33. The van der Waals surface area contributed by atoms with Crippen molar-refractivity contribution in [1.29, 1.82) is 0 Å². The number of benzene rings is 1. The van der Waals surface area contributed by atoms with E-state index in [9.17, 15) is 10.1 Å². The van der Waals surface area contributed by atoms with Gasteiger partial charge in [0.15, 0.2) is 0 Å². The van der Waals surface area contributed by atoms with Crippen LogP contribution in [0.15, 0.2) is 18.2 Å². The molecule has 5 heteroatoms. The molecule has 0 aromatic heterocycles. The van der Waals surface area contributed by atoms with Crippen molar-refractivity contribution in [3.05, 3.63) is 33.3 Å². The third-order valence-corrected chi connectivity index (χ3v) is 3.19. The van der Waals surface area contributed by atoms with Gasteiger partial charge in [0.2, 0.25) is 0 Å². The average Bonchev–Trinajstić information content (AvgIpc) is 3.09. The summed E-state index contributed by atoms with van der Waals surface area (Å²) in [6.45, 7) is 0.777. The van der Waals surface area contributed by atoms with Crippen molar-refractivity contribution >= 4 is 23.0 Å². The first-order valence-electron chi connectivity index (χ1n) is 5.84. The van der Waals surface area contributed by atoms with E-state index in [4.69, 9.17) is 11.6 Å². The molecule has 1 aromatic carbocycles. The molecule has 0 amide bonds. The Morgan fingerprint density at radius 3 is 2.88 bits per heavy atom. The second-order valence-electron chi connectivity index (χ2n) is 4.43. The van der Waals surface area contributed by atoms with Crippen molar-refractivity contribution in [2.45, 2.75) is 25.7 Å². The van der Waals surface area contributed by atoms with Gasteiger partial charge in [-0.15, -0.1) is 0 Å². The van der Waals surface area contributed by atoms with Gasteiger partial charge in [0, 0.05) is 17.6 Å². The Morgan fingerprint density at radius 1 is 1.47 bits per heavy atom. The van der Waals surface area contributed by atoms with Crippen LogP contribution in [0.2, 0.25) is 5.02 Å². The molecule has 0 heterocycles. The lowest BCUT2D eigenvalue weighted by Crippen LogP contribution is -2.04. The van der Waals surface area contributed by atoms with Gasteiger partial charge < -0.3 is 5.32 Å². The van der Waals surface area contributed by atoms with Gasteiger partial charge in [-0.2, -0.15) is 0 Å². The van der Waals surface area contributed by atoms with Gasteiger partial charge in [-0.25, -0.2) is 0 Å². The lowest BCUT2D eigenvalue weighted by molar-refractivity contribution is -0.383. The van der Waals surface area contributed by atoms with E-state index in [2.05, 4.69) is 5.32 Å². The molecule has 17 heavy (non-hydrogen) atoms. The number of nitro groups is 1. The molecule has 1 saturated carbocycles. The zero-order chi connectivity index (χ0) is 12.3. The second-order valence-corrected chi connectivity index (χ2v) is 4.87. The first-order valence-corrected chi connectivity index (χ1v) is 6.22. The zero-order valence-corrected chi connectivity index (χ0v) is 10.2. The smallest absolute Gasteiger partial charge is 0.293 e.